The SMILES string of the molecule is CC(NC(=O)c1ncccc1Br)c1cccnc1. The molecule has 2 heterocycles. The minimum absolute atomic E-state index is 0.111. The van der Waals surface area contributed by atoms with Crippen LogP contribution in [-0.2, 0) is 0 Å². The first-order chi connectivity index (χ1) is 8.68. The number of rotatable bonds is 3. The summed E-state index contributed by atoms with van der Waals surface area (Å²) in [6, 6.07) is 7.21. The number of carbonyl (C=O) groups excluding carboxylic acids is 1. The van der Waals surface area contributed by atoms with E-state index in [9.17, 15) is 4.79 Å². The van der Waals surface area contributed by atoms with E-state index in [4.69, 9.17) is 0 Å². The van der Waals surface area contributed by atoms with Crippen LogP contribution in [0.2, 0.25) is 0 Å². The fourth-order valence-corrected chi connectivity index (χ4v) is 1.97. The van der Waals surface area contributed by atoms with E-state index in [0.29, 0.717) is 10.2 Å². The first kappa shape index (κ1) is 12.7. The van der Waals surface area contributed by atoms with Crippen LogP contribution in [0, 0.1) is 0 Å². The number of nitrogens with zero attached hydrogens (tertiary/aromatic N) is 2. The van der Waals surface area contributed by atoms with Gasteiger partial charge in [0.05, 0.1) is 6.04 Å². The van der Waals surface area contributed by atoms with Gasteiger partial charge in [-0.25, -0.2) is 4.98 Å². The quantitative estimate of drug-likeness (QED) is 0.948. The van der Waals surface area contributed by atoms with Gasteiger partial charge in [-0.1, -0.05) is 6.07 Å². The molecule has 1 unspecified atom stereocenters. The lowest BCUT2D eigenvalue weighted by Gasteiger charge is -2.13. The van der Waals surface area contributed by atoms with Crippen molar-refractivity contribution < 1.29 is 4.79 Å². The van der Waals surface area contributed by atoms with E-state index in [2.05, 4.69) is 31.2 Å². The largest absolute Gasteiger partial charge is 0.344 e. The maximum atomic E-state index is 12.0. The summed E-state index contributed by atoms with van der Waals surface area (Å²) in [4.78, 5) is 20.1. The summed E-state index contributed by atoms with van der Waals surface area (Å²) in [6.45, 7) is 1.91. The number of aromatic nitrogens is 2. The molecule has 2 rings (SSSR count). The number of carbonyl (C=O) groups is 1. The molecule has 1 amide bonds. The van der Waals surface area contributed by atoms with Gasteiger partial charge in [0, 0.05) is 23.1 Å². The Morgan fingerprint density at radius 3 is 2.78 bits per heavy atom. The Hall–Kier alpha value is -1.75. The molecular formula is C13H12BrN3O. The normalized spacial score (nSPS) is 11.9. The van der Waals surface area contributed by atoms with Gasteiger partial charge in [-0.05, 0) is 46.6 Å². The lowest BCUT2D eigenvalue weighted by Crippen LogP contribution is -2.27. The van der Waals surface area contributed by atoms with Gasteiger partial charge in [-0.15, -0.1) is 0 Å². The van der Waals surface area contributed by atoms with Gasteiger partial charge in [0.25, 0.3) is 5.91 Å². The molecule has 0 aliphatic heterocycles. The van der Waals surface area contributed by atoms with E-state index in [1.165, 1.54) is 0 Å². The molecule has 0 bridgehead atoms. The van der Waals surface area contributed by atoms with Crippen LogP contribution in [0.1, 0.15) is 29.0 Å². The monoisotopic (exact) mass is 305 g/mol. The average Bonchev–Trinajstić information content (AvgIpc) is 2.40. The highest BCUT2D eigenvalue weighted by molar-refractivity contribution is 9.10. The number of pyridine rings is 2. The van der Waals surface area contributed by atoms with Crippen LogP contribution in [0.4, 0.5) is 0 Å². The molecule has 0 saturated heterocycles. The summed E-state index contributed by atoms with van der Waals surface area (Å²) in [5, 5.41) is 2.88. The van der Waals surface area contributed by atoms with Crippen LogP contribution in [0.3, 0.4) is 0 Å². The fourth-order valence-electron chi connectivity index (χ4n) is 1.53. The van der Waals surface area contributed by atoms with E-state index in [0.717, 1.165) is 5.56 Å². The molecule has 0 aliphatic rings. The Morgan fingerprint density at radius 2 is 2.11 bits per heavy atom. The second kappa shape index (κ2) is 5.73. The van der Waals surface area contributed by atoms with Crippen molar-refractivity contribution in [1.82, 2.24) is 15.3 Å². The molecule has 0 aromatic carbocycles. The van der Waals surface area contributed by atoms with E-state index < -0.39 is 0 Å². The highest BCUT2D eigenvalue weighted by atomic mass is 79.9. The maximum absolute atomic E-state index is 12.0. The Labute approximate surface area is 114 Å². The smallest absolute Gasteiger partial charge is 0.271 e. The average molecular weight is 306 g/mol. The zero-order valence-electron chi connectivity index (χ0n) is 9.80. The van der Waals surface area contributed by atoms with Crippen LogP contribution >= 0.6 is 15.9 Å². The Kier molecular flexibility index (Phi) is 4.04. The number of hydrogen-bond donors (Lipinski definition) is 1. The summed E-state index contributed by atoms with van der Waals surface area (Å²) in [5.74, 6) is -0.209. The Bertz CT molecular complexity index is 545. The van der Waals surface area contributed by atoms with Gasteiger partial charge in [-0.2, -0.15) is 0 Å². The predicted octanol–water partition coefficient (Wildman–Crippen LogP) is 2.73. The number of nitrogens with one attached hydrogen (secondary N) is 1. The van der Waals surface area contributed by atoms with Gasteiger partial charge >= 0.3 is 0 Å². The zero-order chi connectivity index (χ0) is 13.0. The van der Waals surface area contributed by atoms with E-state index in [1.54, 1.807) is 30.7 Å². The highest BCUT2D eigenvalue weighted by Crippen LogP contribution is 2.15. The number of amides is 1. The van der Waals surface area contributed by atoms with Gasteiger partial charge in [-0.3, -0.25) is 9.78 Å². The summed E-state index contributed by atoms with van der Waals surface area (Å²) in [7, 11) is 0. The first-order valence-corrected chi connectivity index (χ1v) is 6.29. The van der Waals surface area contributed by atoms with E-state index in [-0.39, 0.29) is 11.9 Å². The van der Waals surface area contributed by atoms with E-state index in [1.807, 2.05) is 19.1 Å². The standard InChI is InChI=1S/C13H12BrN3O/c1-9(10-4-2-6-15-8-10)17-13(18)12-11(14)5-3-7-16-12/h2-9H,1H3,(H,17,18). The third-order valence-corrected chi connectivity index (χ3v) is 3.15. The Balaban J connectivity index is 2.11. The number of halogens is 1. The maximum Gasteiger partial charge on any atom is 0.271 e. The summed E-state index contributed by atoms with van der Waals surface area (Å²) in [6.07, 6.45) is 5.03. The molecule has 4 nitrogen and oxygen atoms in total. The molecule has 1 N–H and O–H groups in total. The molecule has 0 aliphatic carbocycles. The Morgan fingerprint density at radius 1 is 1.33 bits per heavy atom. The van der Waals surface area contributed by atoms with Crippen molar-refractivity contribution in [2.24, 2.45) is 0 Å². The zero-order valence-corrected chi connectivity index (χ0v) is 11.4. The topological polar surface area (TPSA) is 54.9 Å². The van der Waals surface area contributed by atoms with Crippen LogP contribution in [0.25, 0.3) is 0 Å². The first-order valence-electron chi connectivity index (χ1n) is 5.50. The number of hydrogen-bond acceptors (Lipinski definition) is 3. The third kappa shape index (κ3) is 2.92. The molecule has 2 aromatic rings. The molecule has 92 valence electrons. The van der Waals surface area contributed by atoms with Crippen LogP contribution in [0.15, 0.2) is 47.3 Å². The van der Waals surface area contributed by atoms with Crippen molar-refractivity contribution in [3.63, 3.8) is 0 Å². The molecule has 0 spiro atoms. The minimum atomic E-state index is -0.209. The van der Waals surface area contributed by atoms with Crippen LogP contribution < -0.4 is 5.32 Å². The lowest BCUT2D eigenvalue weighted by atomic mass is 10.1. The molecule has 5 heteroatoms. The molecule has 2 aromatic heterocycles. The molecule has 0 fully saturated rings. The second-order valence-corrected chi connectivity index (χ2v) is 4.67. The second-order valence-electron chi connectivity index (χ2n) is 3.82. The lowest BCUT2D eigenvalue weighted by molar-refractivity contribution is 0.0934. The summed E-state index contributed by atoms with van der Waals surface area (Å²) in [5.41, 5.74) is 1.34. The van der Waals surface area contributed by atoms with Crippen molar-refractivity contribution in [2.45, 2.75) is 13.0 Å². The van der Waals surface area contributed by atoms with Crippen molar-refractivity contribution in [3.05, 3.63) is 58.6 Å². The summed E-state index contributed by atoms with van der Waals surface area (Å²) >= 11 is 3.31. The highest BCUT2D eigenvalue weighted by Gasteiger charge is 2.14. The van der Waals surface area contributed by atoms with Gasteiger partial charge in [0.15, 0.2) is 0 Å². The minimum Gasteiger partial charge on any atom is -0.344 e. The van der Waals surface area contributed by atoms with Crippen molar-refractivity contribution >= 4 is 21.8 Å². The van der Waals surface area contributed by atoms with Crippen molar-refractivity contribution in [2.75, 3.05) is 0 Å². The molecule has 0 saturated carbocycles. The molecule has 1 atom stereocenters. The third-order valence-electron chi connectivity index (χ3n) is 2.51. The summed E-state index contributed by atoms with van der Waals surface area (Å²) < 4.78 is 0.681. The fraction of sp³-hybridized carbons (Fsp3) is 0.154. The van der Waals surface area contributed by atoms with E-state index >= 15 is 0 Å². The van der Waals surface area contributed by atoms with Gasteiger partial charge in [0.2, 0.25) is 0 Å². The molecular weight excluding hydrogens is 294 g/mol. The van der Waals surface area contributed by atoms with Crippen molar-refractivity contribution in [1.29, 1.82) is 0 Å². The van der Waals surface area contributed by atoms with Crippen LogP contribution in [-0.4, -0.2) is 15.9 Å². The molecule has 0 radical (unpaired) electrons. The van der Waals surface area contributed by atoms with Gasteiger partial charge < -0.3 is 5.32 Å². The van der Waals surface area contributed by atoms with Crippen molar-refractivity contribution in [3.8, 4) is 0 Å². The van der Waals surface area contributed by atoms with Gasteiger partial charge in [0.1, 0.15) is 5.69 Å². The predicted molar refractivity (Wildman–Crippen MR) is 72.1 cm³/mol. The van der Waals surface area contributed by atoms with Crippen LogP contribution in [0.5, 0.6) is 0 Å². The molecule has 18 heavy (non-hydrogen) atoms.